The van der Waals surface area contributed by atoms with Crippen LogP contribution in [0.1, 0.15) is 21.8 Å². The zero-order valence-corrected chi connectivity index (χ0v) is 17.7. The molecule has 0 radical (unpaired) electrons. The Bertz CT molecular complexity index is 1400. The number of pyridine rings is 1. The van der Waals surface area contributed by atoms with Crippen LogP contribution in [0.25, 0.3) is 16.6 Å². The number of carbonyl (C=O) groups excluding carboxylic acids is 1. The van der Waals surface area contributed by atoms with Gasteiger partial charge >= 0.3 is 0 Å². The first-order valence-electron chi connectivity index (χ1n) is 10.1. The van der Waals surface area contributed by atoms with Crippen molar-refractivity contribution in [2.45, 2.75) is 13.5 Å². The molecular formula is C25H21N3O4. The maximum atomic E-state index is 12.9. The molecule has 0 saturated heterocycles. The standard InChI is InChI=1S/C25H21N3O4/c1-16-21-13-19(30-2)9-10-22(21)32-24(16)25(29)27-17-6-5-7-20(12-17)31-15-18-14-28-11-4-3-8-23(28)26-18/h3-14H,15H2,1-2H3,(H,27,29). The first-order chi connectivity index (χ1) is 15.6. The number of hydrogen-bond donors (Lipinski definition) is 1. The Kier molecular flexibility index (Phi) is 4.99. The number of imidazole rings is 1. The molecule has 3 heterocycles. The third kappa shape index (κ3) is 3.76. The van der Waals surface area contributed by atoms with Crippen LogP contribution in [0, 0.1) is 6.92 Å². The average Bonchev–Trinajstić information content (AvgIpc) is 3.38. The van der Waals surface area contributed by atoms with Gasteiger partial charge < -0.3 is 23.6 Å². The highest BCUT2D eigenvalue weighted by Gasteiger charge is 2.18. The van der Waals surface area contributed by atoms with Crippen LogP contribution in [0.15, 0.2) is 77.5 Å². The lowest BCUT2D eigenvalue weighted by Gasteiger charge is -2.08. The molecule has 0 saturated carbocycles. The third-order valence-electron chi connectivity index (χ3n) is 5.24. The van der Waals surface area contributed by atoms with Crippen LogP contribution >= 0.6 is 0 Å². The number of benzene rings is 2. The fourth-order valence-corrected chi connectivity index (χ4v) is 3.61. The summed E-state index contributed by atoms with van der Waals surface area (Å²) in [7, 11) is 1.61. The Morgan fingerprint density at radius 1 is 1.09 bits per heavy atom. The zero-order valence-electron chi connectivity index (χ0n) is 17.7. The monoisotopic (exact) mass is 427 g/mol. The van der Waals surface area contributed by atoms with Crippen LogP contribution in [0.4, 0.5) is 5.69 Å². The quantitative estimate of drug-likeness (QED) is 0.402. The van der Waals surface area contributed by atoms with Gasteiger partial charge in [-0.3, -0.25) is 4.79 Å². The maximum Gasteiger partial charge on any atom is 0.291 e. The van der Waals surface area contributed by atoms with E-state index < -0.39 is 0 Å². The molecule has 0 atom stereocenters. The fourth-order valence-electron chi connectivity index (χ4n) is 3.61. The number of ether oxygens (including phenoxy) is 2. The SMILES string of the molecule is COc1ccc2oc(C(=O)Nc3cccc(OCc4cn5ccccc5n4)c3)c(C)c2c1. The average molecular weight is 427 g/mol. The second-order valence-electron chi connectivity index (χ2n) is 7.39. The number of aromatic nitrogens is 2. The second kappa shape index (κ2) is 8.11. The predicted molar refractivity (Wildman–Crippen MR) is 121 cm³/mol. The second-order valence-corrected chi connectivity index (χ2v) is 7.39. The van der Waals surface area contributed by atoms with E-state index in [4.69, 9.17) is 13.9 Å². The molecular weight excluding hydrogens is 406 g/mol. The summed E-state index contributed by atoms with van der Waals surface area (Å²) in [4.78, 5) is 17.4. The highest BCUT2D eigenvalue weighted by atomic mass is 16.5. The van der Waals surface area contributed by atoms with Crippen molar-refractivity contribution in [2.24, 2.45) is 0 Å². The van der Waals surface area contributed by atoms with Crippen LogP contribution in [-0.4, -0.2) is 22.4 Å². The Hall–Kier alpha value is -4.26. The first kappa shape index (κ1) is 19.7. The molecule has 0 aliphatic rings. The van der Waals surface area contributed by atoms with Crippen LogP contribution in [0.5, 0.6) is 11.5 Å². The Morgan fingerprint density at radius 3 is 2.84 bits per heavy atom. The molecule has 2 aromatic carbocycles. The van der Waals surface area contributed by atoms with Gasteiger partial charge in [-0.25, -0.2) is 4.98 Å². The number of carbonyl (C=O) groups is 1. The molecule has 7 nitrogen and oxygen atoms in total. The van der Waals surface area contributed by atoms with Gasteiger partial charge in [-0.2, -0.15) is 0 Å². The predicted octanol–water partition coefficient (Wildman–Crippen LogP) is 5.23. The molecule has 5 aromatic rings. The molecule has 1 amide bonds. The zero-order chi connectivity index (χ0) is 22.1. The van der Waals surface area contributed by atoms with Crippen LogP contribution in [0.3, 0.4) is 0 Å². The van der Waals surface area contributed by atoms with Crippen LogP contribution < -0.4 is 14.8 Å². The van der Waals surface area contributed by atoms with E-state index >= 15 is 0 Å². The maximum absolute atomic E-state index is 12.9. The highest BCUT2D eigenvalue weighted by molar-refractivity contribution is 6.06. The minimum Gasteiger partial charge on any atom is -0.497 e. The molecule has 32 heavy (non-hydrogen) atoms. The summed E-state index contributed by atoms with van der Waals surface area (Å²) in [5.41, 5.74) is 3.69. The molecule has 0 aliphatic heterocycles. The van der Waals surface area contributed by atoms with Gasteiger partial charge in [-0.1, -0.05) is 12.1 Å². The Morgan fingerprint density at radius 2 is 2.00 bits per heavy atom. The van der Waals surface area contributed by atoms with Gasteiger partial charge in [0.15, 0.2) is 5.76 Å². The molecule has 3 aromatic heterocycles. The van der Waals surface area contributed by atoms with Crippen molar-refractivity contribution in [1.82, 2.24) is 9.38 Å². The van der Waals surface area contributed by atoms with Gasteiger partial charge in [-0.15, -0.1) is 0 Å². The van der Waals surface area contributed by atoms with E-state index in [1.807, 2.05) is 60.1 Å². The molecule has 5 rings (SSSR count). The van der Waals surface area contributed by atoms with Crippen LogP contribution in [0.2, 0.25) is 0 Å². The summed E-state index contributed by atoms with van der Waals surface area (Å²) >= 11 is 0. The van der Waals surface area contributed by atoms with Crippen molar-refractivity contribution in [2.75, 3.05) is 12.4 Å². The van der Waals surface area contributed by atoms with Crippen molar-refractivity contribution in [3.63, 3.8) is 0 Å². The largest absolute Gasteiger partial charge is 0.497 e. The lowest BCUT2D eigenvalue weighted by Crippen LogP contribution is -2.12. The minimum absolute atomic E-state index is 0.268. The van der Waals surface area contributed by atoms with E-state index in [2.05, 4.69) is 10.3 Å². The number of hydrogen-bond acceptors (Lipinski definition) is 5. The number of nitrogens with one attached hydrogen (secondary N) is 1. The number of rotatable bonds is 6. The summed E-state index contributed by atoms with van der Waals surface area (Å²) < 4.78 is 18.9. The van der Waals surface area contributed by atoms with Gasteiger partial charge in [0, 0.05) is 35.1 Å². The number of methoxy groups -OCH3 is 1. The van der Waals surface area contributed by atoms with Gasteiger partial charge in [0.25, 0.3) is 5.91 Å². The van der Waals surface area contributed by atoms with Gasteiger partial charge in [0.1, 0.15) is 29.3 Å². The molecule has 0 unspecified atom stereocenters. The molecule has 0 bridgehead atoms. The smallest absolute Gasteiger partial charge is 0.291 e. The van der Waals surface area contributed by atoms with Gasteiger partial charge in [0.05, 0.1) is 12.8 Å². The molecule has 0 spiro atoms. The normalized spacial score (nSPS) is 11.1. The van der Waals surface area contributed by atoms with Crippen molar-refractivity contribution in [3.05, 3.63) is 90.1 Å². The van der Waals surface area contributed by atoms with Crippen molar-refractivity contribution in [3.8, 4) is 11.5 Å². The van der Waals surface area contributed by atoms with E-state index in [0.717, 1.165) is 22.3 Å². The molecule has 0 fully saturated rings. The number of aryl methyl sites for hydroxylation is 1. The molecule has 7 heteroatoms. The lowest BCUT2D eigenvalue weighted by atomic mass is 10.1. The van der Waals surface area contributed by atoms with Crippen LogP contribution in [-0.2, 0) is 6.61 Å². The summed E-state index contributed by atoms with van der Waals surface area (Å²) in [5.74, 6) is 1.29. The number of nitrogens with zero attached hydrogens (tertiary/aromatic N) is 2. The molecule has 0 aliphatic carbocycles. The van der Waals surface area contributed by atoms with Crippen molar-refractivity contribution >= 4 is 28.2 Å². The summed E-state index contributed by atoms with van der Waals surface area (Å²) in [6.45, 7) is 2.18. The Labute approximate surface area is 184 Å². The number of fused-ring (bicyclic) bond motifs is 2. The highest BCUT2D eigenvalue weighted by Crippen LogP contribution is 2.29. The third-order valence-corrected chi connectivity index (χ3v) is 5.24. The van der Waals surface area contributed by atoms with E-state index in [1.54, 1.807) is 31.4 Å². The minimum atomic E-state index is -0.324. The molecule has 160 valence electrons. The first-order valence-corrected chi connectivity index (χ1v) is 10.1. The van der Waals surface area contributed by atoms with E-state index in [-0.39, 0.29) is 11.7 Å². The summed E-state index contributed by atoms with van der Waals surface area (Å²) in [5, 5.41) is 3.73. The summed E-state index contributed by atoms with van der Waals surface area (Å²) in [6.07, 6.45) is 3.87. The molecule has 1 N–H and O–H groups in total. The summed E-state index contributed by atoms with van der Waals surface area (Å²) in [6, 6.07) is 18.5. The van der Waals surface area contributed by atoms with E-state index in [1.165, 1.54) is 0 Å². The number of amides is 1. The van der Waals surface area contributed by atoms with E-state index in [0.29, 0.717) is 29.4 Å². The van der Waals surface area contributed by atoms with Crippen molar-refractivity contribution in [1.29, 1.82) is 0 Å². The number of furan rings is 1. The lowest BCUT2D eigenvalue weighted by molar-refractivity contribution is 0.0998. The van der Waals surface area contributed by atoms with Gasteiger partial charge in [-0.05, 0) is 49.4 Å². The topological polar surface area (TPSA) is 78.0 Å². The van der Waals surface area contributed by atoms with Crippen molar-refractivity contribution < 1.29 is 18.7 Å². The van der Waals surface area contributed by atoms with E-state index in [9.17, 15) is 4.79 Å². The fraction of sp³-hybridized carbons (Fsp3) is 0.120. The Balaban J connectivity index is 1.30. The number of anilines is 1. The van der Waals surface area contributed by atoms with Gasteiger partial charge in [0.2, 0.25) is 0 Å².